The molecule has 0 aromatic carbocycles. The molecule has 2 atom stereocenters. The van der Waals surface area contributed by atoms with Gasteiger partial charge in [-0.25, -0.2) is 9.59 Å². The molecule has 3 amide bonds. The summed E-state index contributed by atoms with van der Waals surface area (Å²) in [5, 5.41) is 11.6. The number of carbonyl (C=O) groups excluding carboxylic acids is 2. The highest BCUT2D eigenvalue weighted by Gasteiger charge is 2.37. The molecule has 21 heavy (non-hydrogen) atoms. The van der Waals surface area contributed by atoms with Gasteiger partial charge in [0.15, 0.2) is 6.10 Å². The second kappa shape index (κ2) is 6.75. The highest BCUT2D eigenvalue weighted by atomic mass is 16.5. The molecule has 118 valence electrons. The van der Waals surface area contributed by atoms with E-state index in [-0.39, 0.29) is 11.9 Å². The fourth-order valence-corrected chi connectivity index (χ4v) is 2.60. The van der Waals surface area contributed by atoms with E-state index in [4.69, 9.17) is 9.84 Å². The average Bonchev–Trinajstić information content (AvgIpc) is 2.97. The first-order chi connectivity index (χ1) is 10.0. The minimum atomic E-state index is -1.02. The smallest absolute Gasteiger partial charge is 0.332 e. The lowest BCUT2D eigenvalue weighted by Crippen LogP contribution is -2.54. The monoisotopic (exact) mass is 299 g/mol. The van der Waals surface area contributed by atoms with Gasteiger partial charge >= 0.3 is 12.0 Å². The second-order valence-electron chi connectivity index (χ2n) is 5.18. The number of amides is 3. The summed E-state index contributed by atoms with van der Waals surface area (Å²) in [5.74, 6) is -1.19. The zero-order valence-electron chi connectivity index (χ0n) is 12.1. The first kappa shape index (κ1) is 15.6. The zero-order valence-corrected chi connectivity index (χ0v) is 12.1. The van der Waals surface area contributed by atoms with Crippen molar-refractivity contribution in [2.45, 2.75) is 32.0 Å². The van der Waals surface area contributed by atoms with Crippen molar-refractivity contribution in [1.29, 1.82) is 0 Å². The molecule has 2 fully saturated rings. The van der Waals surface area contributed by atoms with E-state index in [1.165, 1.54) is 0 Å². The molecule has 2 aliphatic rings. The Morgan fingerprint density at radius 2 is 1.67 bits per heavy atom. The fraction of sp³-hybridized carbons (Fsp3) is 0.769. The minimum Gasteiger partial charge on any atom is -0.479 e. The van der Waals surface area contributed by atoms with E-state index < -0.39 is 18.2 Å². The third-order valence-corrected chi connectivity index (χ3v) is 3.78. The van der Waals surface area contributed by atoms with E-state index in [1.807, 2.05) is 6.92 Å². The molecule has 2 unspecified atom stereocenters. The van der Waals surface area contributed by atoms with Gasteiger partial charge in [-0.15, -0.1) is 0 Å². The quantitative estimate of drug-likeness (QED) is 0.731. The lowest BCUT2D eigenvalue weighted by Gasteiger charge is -2.35. The Labute approximate surface area is 123 Å². The molecule has 0 aliphatic carbocycles. The van der Waals surface area contributed by atoms with Gasteiger partial charge in [-0.05, 0) is 19.8 Å². The fourth-order valence-electron chi connectivity index (χ4n) is 2.60. The van der Waals surface area contributed by atoms with Gasteiger partial charge in [0.2, 0.25) is 0 Å². The van der Waals surface area contributed by atoms with Gasteiger partial charge in [-0.1, -0.05) is 0 Å². The molecule has 0 spiro atoms. The van der Waals surface area contributed by atoms with Crippen LogP contribution in [-0.4, -0.2) is 77.7 Å². The molecular formula is C13H21N3O5. The maximum absolute atomic E-state index is 12.3. The number of carboxylic acids is 1. The predicted molar refractivity (Wildman–Crippen MR) is 72.8 cm³/mol. The highest BCUT2D eigenvalue weighted by Crippen LogP contribution is 2.22. The number of ether oxygens (including phenoxy) is 1. The number of carbonyl (C=O) groups is 3. The summed E-state index contributed by atoms with van der Waals surface area (Å²) < 4.78 is 5.27. The molecule has 2 N–H and O–H groups in total. The Balaban J connectivity index is 1.81. The Bertz CT molecular complexity index is 420. The number of hydrogen-bond acceptors (Lipinski definition) is 4. The molecule has 2 rings (SSSR count). The lowest BCUT2D eigenvalue weighted by atomic mass is 10.1. The van der Waals surface area contributed by atoms with E-state index in [9.17, 15) is 14.4 Å². The van der Waals surface area contributed by atoms with Crippen LogP contribution >= 0.6 is 0 Å². The summed E-state index contributed by atoms with van der Waals surface area (Å²) in [6, 6.07) is -0.118. The van der Waals surface area contributed by atoms with Crippen molar-refractivity contribution in [1.82, 2.24) is 15.1 Å². The SMILES string of the molecule is CCNC(=O)N1CCN(C(=O)C2CCC(C(=O)O)O2)CC1. The van der Waals surface area contributed by atoms with Crippen LogP contribution in [-0.2, 0) is 14.3 Å². The first-order valence-electron chi connectivity index (χ1n) is 7.22. The molecule has 2 aliphatic heterocycles. The number of hydrogen-bond donors (Lipinski definition) is 2. The second-order valence-corrected chi connectivity index (χ2v) is 5.18. The maximum atomic E-state index is 12.3. The molecule has 2 saturated heterocycles. The number of urea groups is 1. The highest BCUT2D eigenvalue weighted by molar-refractivity contribution is 5.83. The number of nitrogens with zero attached hydrogens (tertiary/aromatic N) is 2. The molecule has 0 aromatic heterocycles. The third kappa shape index (κ3) is 3.63. The molecular weight excluding hydrogens is 278 g/mol. The van der Waals surface area contributed by atoms with Crippen LogP contribution < -0.4 is 5.32 Å². The Kier molecular flexibility index (Phi) is 5.00. The van der Waals surface area contributed by atoms with Crippen LogP contribution in [0.1, 0.15) is 19.8 Å². The van der Waals surface area contributed by atoms with Crippen molar-refractivity contribution in [3.8, 4) is 0 Å². The van der Waals surface area contributed by atoms with Crippen LogP contribution in [0, 0.1) is 0 Å². The van der Waals surface area contributed by atoms with Crippen LogP contribution in [0.25, 0.3) is 0 Å². The third-order valence-electron chi connectivity index (χ3n) is 3.78. The number of nitrogens with one attached hydrogen (secondary N) is 1. The summed E-state index contributed by atoms with van der Waals surface area (Å²) in [6.45, 7) is 4.29. The van der Waals surface area contributed by atoms with Crippen molar-refractivity contribution < 1.29 is 24.2 Å². The molecule has 8 heteroatoms. The average molecular weight is 299 g/mol. The normalized spacial score (nSPS) is 25.8. The molecule has 0 bridgehead atoms. The van der Waals surface area contributed by atoms with Gasteiger partial charge < -0.3 is 25.0 Å². The van der Waals surface area contributed by atoms with Crippen molar-refractivity contribution >= 4 is 17.9 Å². The topological polar surface area (TPSA) is 99.2 Å². The summed E-state index contributed by atoms with van der Waals surface area (Å²) in [6.07, 6.45) is -0.741. The van der Waals surface area contributed by atoms with Crippen molar-refractivity contribution in [3.63, 3.8) is 0 Å². The van der Waals surface area contributed by atoms with Crippen LogP contribution in [0.15, 0.2) is 0 Å². The summed E-state index contributed by atoms with van der Waals surface area (Å²) in [7, 11) is 0. The van der Waals surface area contributed by atoms with Crippen molar-refractivity contribution in [2.24, 2.45) is 0 Å². The number of rotatable bonds is 3. The van der Waals surface area contributed by atoms with Gasteiger partial charge in [-0.2, -0.15) is 0 Å². The molecule has 0 aromatic rings. The first-order valence-corrected chi connectivity index (χ1v) is 7.22. The van der Waals surface area contributed by atoms with E-state index in [1.54, 1.807) is 9.80 Å². The summed E-state index contributed by atoms with van der Waals surface area (Å²) in [4.78, 5) is 38.1. The van der Waals surface area contributed by atoms with Crippen molar-refractivity contribution in [3.05, 3.63) is 0 Å². The van der Waals surface area contributed by atoms with Crippen LogP contribution in [0.3, 0.4) is 0 Å². The Morgan fingerprint density at radius 3 is 2.19 bits per heavy atom. The van der Waals surface area contributed by atoms with Crippen LogP contribution in [0.5, 0.6) is 0 Å². The van der Waals surface area contributed by atoms with E-state index in [2.05, 4.69) is 5.32 Å². The number of carboxylic acid groups (broad SMARTS) is 1. The van der Waals surface area contributed by atoms with E-state index in [0.717, 1.165) is 0 Å². The van der Waals surface area contributed by atoms with Gasteiger partial charge in [-0.3, -0.25) is 4.79 Å². The van der Waals surface area contributed by atoms with Crippen LogP contribution in [0.2, 0.25) is 0 Å². The standard InChI is InChI=1S/C13H21N3O5/c1-2-14-13(20)16-7-5-15(6-8-16)11(17)9-3-4-10(21-9)12(18)19/h9-10H,2-8H2,1H3,(H,14,20)(H,18,19). The zero-order chi connectivity index (χ0) is 15.4. The summed E-state index contributed by atoms with van der Waals surface area (Å²) >= 11 is 0. The van der Waals surface area contributed by atoms with Crippen molar-refractivity contribution in [2.75, 3.05) is 32.7 Å². The van der Waals surface area contributed by atoms with Gasteiger partial charge in [0.1, 0.15) is 6.10 Å². The molecule has 0 saturated carbocycles. The van der Waals surface area contributed by atoms with Gasteiger partial charge in [0, 0.05) is 32.7 Å². The van der Waals surface area contributed by atoms with Gasteiger partial charge in [0.25, 0.3) is 5.91 Å². The Hall–Kier alpha value is -1.83. The number of piperazine rings is 1. The summed E-state index contributed by atoms with van der Waals surface area (Å²) in [5.41, 5.74) is 0. The van der Waals surface area contributed by atoms with Gasteiger partial charge in [0.05, 0.1) is 0 Å². The molecule has 0 radical (unpaired) electrons. The maximum Gasteiger partial charge on any atom is 0.332 e. The largest absolute Gasteiger partial charge is 0.479 e. The van der Waals surface area contributed by atoms with E-state index in [0.29, 0.717) is 45.6 Å². The minimum absolute atomic E-state index is 0.118. The van der Waals surface area contributed by atoms with E-state index >= 15 is 0 Å². The lowest BCUT2D eigenvalue weighted by molar-refractivity contribution is -0.155. The van der Waals surface area contributed by atoms with Crippen LogP contribution in [0.4, 0.5) is 4.79 Å². The number of aliphatic carboxylic acids is 1. The Morgan fingerprint density at radius 1 is 1.10 bits per heavy atom. The molecule has 2 heterocycles. The molecule has 8 nitrogen and oxygen atoms in total. The predicted octanol–water partition coefficient (Wildman–Crippen LogP) is -0.508.